The highest BCUT2D eigenvalue weighted by atomic mass is 16.5. The summed E-state index contributed by atoms with van der Waals surface area (Å²) in [4.78, 5) is 6.67. The largest absolute Gasteiger partial charge is 0.375 e. The molecular formula is C13H17N3O. The fourth-order valence-electron chi connectivity index (χ4n) is 2.05. The first kappa shape index (κ1) is 11.9. The van der Waals surface area contributed by atoms with Crippen molar-refractivity contribution in [1.82, 2.24) is 4.98 Å². The highest BCUT2D eigenvalue weighted by Gasteiger charge is 2.26. The van der Waals surface area contributed by atoms with E-state index in [1.807, 2.05) is 26.0 Å². The van der Waals surface area contributed by atoms with Crippen molar-refractivity contribution in [2.45, 2.75) is 32.9 Å². The van der Waals surface area contributed by atoms with Gasteiger partial charge in [0.2, 0.25) is 0 Å². The van der Waals surface area contributed by atoms with E-state index in [4.69, 9.17) is 10.00 Å². The quantitative estimate of drug-likeness (QED) is 0.740. The van der Waals surface area contributed by atoms with Gasteiger partial charge in [-0.3, -0.25) is 0 Å². The van der Waals surface area contributed by atoms with E-state index in [0.717, 1.165) is 18.1 Å². The van der Waals surface area contributed by atoms with Crippen molar-refractivity contribution >= 4 is 5.82 Å². The van der Waals surface area contributed by atoms with E-state index in [2.05, 4.69) is 22.9 Å². The van der Waals surface area contributed by atoms with Crippen LogP contribution in [-0.2, 0) is 4.74 Å². The van der Waals surface area contributed by atoms with Crippen molar-refractivity contribution in [3.63, 3.8) is 0 Å². The maximum absolute atomic E-state index is 9.14. The first-order chi connectivity index (χ1) is 8.11. The van der Waals surface area contributed by atoms with Crippen LogP contribution >= 0.6 is 0 Å². The van der Waals surface area contributed by atoms with Gasteiger partial charge in [0.05, 0.1) is 24.3 Å². The van der Waals surface area contributed by atoms with Gasteiger partial charge in [-0.15, -0.1) is 0 Å². The Morgan fingerprint density at radius 1 is 1.47 bits per heavy atom. The smallest absolute Gasteiger partial charge is 0.147 e. The van der Waals surface area contributed by atoms with Crippen LogP contribution in [0.15, 0.2) is 12.1 Å². The third kappa shape index (κ3) is 2.40. The van der Waals surface area contributed by atoms with Gasteiger partial charge < -0.3 is 9.64 Å². The molecule has 0 amide bonds. The Morgan fingerprint density at radius 2 is 2.24 bits per heavy atom. The van der Waals surface area contributed by atoms with Crippen molar-refractivity contribution < 1.29 is 4.74 Å². The van der Waals surface area contributed by atoms with Crippen molar-refractivity contribution in [1.29, 1.82) is 5.26 Å². The van der Waals surface area contributed by atoms with Crippen molar-refractivity contribution in [3.8, 4) is 6.07 Å². The molecule has 0 N–H and O–H groups in total. The Hall–Kier alpha value is -1.60. The molecule has 0 spiro atoms. The highest BCUT2D eigenvalue weighted by molar-refractivity contribution is 5.55. The molecule has 17 heavy (non-hydrogen) atoms. The van der Waals surface area contributed by atoms with Gasteiger partial charge in [-0.25, -0.2) is 4.98 Å². The molecule has 1 aromatic heterocycles. The van der Waals surface area contributed by atoms with Crippen molar-refractivity contribution in [3.05, 3.63) is 23.4 Å². The molecule has 0 radical (unpaired) electrons. The third-order valence-corrected chi connectivity index (χ3v) is 3.01. The molecule has 2 atom stereocenters. The lowest BCUT2D eigenvalue weighted by Crippen LogP contribution is -2.48. The highest BCUT2D eigenvalue weighted by Crippen LogP contribution is 2.23. The second kappa shape index (κ2) is 4.72. The maximum atomic E-state index is 9.14. The summed E-state index contributed by atoms with van der Waals surface area (Å²) in [5.41, 5.74) is 1.57. The van der Waals surface area contributed by atoms with Crippen molar-refractivity contribution in [2.75, 3.05) is 18.1 Å². The Kier molecular flexibility index (Phi) is 3.30. The average Bonchev–Trinajstić information content (AvgIpc) is 2.32. The molecule has 2 rings (SSSR count). The number of hydrogen-bond acceptors (Lipinski definition) is 4. The van der Waals surface area contributed by atoms with Gasteiger partial charge in [0.15, 0.2) is 0 Å². The van der Waals surface area contributed by atoms with Gasteiger partial charge in [-0.1, -0.05) is 0 Å². The van der Waals surface area contributed by atoms with Gasteiger partial charge in [0.25, 0.3) is 0 Å². The minimum Gasteiger partial charge on any atom is -0.375 e. The first-order valence-electron chi connectivity index (χ1n) is 5.88. The molecule has 1 saturated heterocycles. The summed E-state index contributed by atoms with van der Waals surface area (Å²) in [6, 6.07) is 6.18. The fourth-order valence-corrected chi connectivity index (χ4v) is 2.05. The van der Waals surface area contributed by atoms with Crippen LogP contribution in [0.4, 0.5) is 5.82 Å². The number of nitriles is 1. The van der Waals surface area contributed by atoms with E-state index in [9.17, 15) is 0 Å². The summed E-state index contributed by atoms with van der Waals surface area (Å²) in [6.45, 7) is 7.55. The molecule has 4 nitrogen and oxygen atoms in total. The molecule has 1 aliphatic rings. The summed E-state index contributed by atoms with van der Waals surface area (Å²) in [5, 5.41) is 9.14. The van der Waals surface area contributed by atoms with Gasteiger partial charge in [0, 0.05) is 12.2 Å². The van der Waals surface area contributed by atoms with E-state index >= 15 is 0 Å². The lowest BCUT2D eigenvalue weighted by atomic mass is 10.1. The Bertz CT molecular complexity index is 452. The van der Waals surface area contributed by atoms with Crippen LogP contribution in [0.2, 0.25) is 0 Å². The van der Waals surface area contributed by atoms with Crippen LogP contribution in [-0.4, -0.2) is 30.3 Å². The van der Waals surface area contributed by atoms with Crippen LogP contribution in [0.1, 0.15) is 25.1 Å². The number of anilines is 1. The number of hydrogen-bond donors (Lipinski definition) is 0. The summed E-state index contributed by atoms with van der Waals surface area (Å²) < 4.78 is 5.59. The number of aryl methyl sites for hydroxylation is 1. The van der Waals surface area contributed by atoms with Gasteiger partial charge in [-0.2, -0.15) is 5.26 Å². The zero-order valence-corrected chi connectivity index (χ0v) is 10.5. The van der Waals surface area contributed by atoms with E-state index < -0.39 is 0 Å². The Morgan fingerprint density at radius 3 is 2.94 bits per heavy atom. The van der Waals surface area contributed by atoms with Crippen LogP contribution in [0.25, 0.3) is 0 Å². The standard InChI is InChI=1S/C13H17N3O/c1-9-4-5-12(6-14)13(15-9)16-7-11(3)17-8-10(16)2/h4-5,10-11H,7-8H2,1-3H3. The number of ether oxygens (including phenoxy) is 1. The minimum absolute atomic E-state index is 0.181. The molecule has 2 heterocycles. The van der Waals surface area contributed by atoms with E-state index in [-0.39, 0.29) is 12.1 Å². The number of rotatable bonds is 1. The monoisotopic (exact) mass is 231 g/mol. The lowest BCUT2D eigenvalue weighted by Gasteiger charge is -2.38. The van der Waals surface area contributed by atoms with Gasteiger partial charge in [-0.05, 0) is 32.9 Å². The molecule has 1 aromatic rings. The molecule has 0 aliphatic carbocycles. The molecule has 2 unspecified atom stereocenters. The predicted molar refractivity (Wildman–Crippen MR) is 65.9 cm³/mol. The number of aromatic nitrogens is 1. The second-order valence-electron chi connectivity index (χ2n) is 4.58. The van der Waals surface area contributed by atoms with E-state index in [1.54, 1.807) is 0 Å². The molecule has 1 fully saturated rings. The summed E-state index contributed by atoms with van der Waals surface area (Å²) in [7, 11) is 0. The molecule has 4 heteroatoms. The van der Waals surface area contributed by atoms with Crippen LogP contribution in [0.5, 0.6) is 0 Å². The predicted octanol–water partition coefficient (Wildman–Crippen LogP) is 1.88. The number of morpholine rings is 1. The molecular weight excluding hydrogens is 214 g/mol. The summed E-state index contributed by atoms with van der Waals surface area (Å²) in [5.74, 6) is 0.787. The number of pyridine rings is 1. The van der Waals surface area contributed by atoms with Gasteiger partial charge >= 0.3 is 0 Å². The van der Waals surface area contributed by atoms with E-state index in [0.29, 0.717) is 12.2 Å². The van der Waals surface area contributed by atoms with Crippen LogP contribution in [0, 0.1) is 18.3 Å². The minimum atomic E-state index is 0.181. The zero-order valence-electron chi connectivity index (χ0n) is 10.5. The van der Waals surface area contributed by atoms with Crippen molar-refractivity contribution in [2.24, 2.45) is 0 Å². The zero-order chi connectivity index (χ0) is 12.4. The Balaban J connectivity index is 2.38. The fraction of sp³-hybridized carbons (Fsp3) is 0.538. The van der Waals surface area contributed by atoms with E-state index in [1.165, 1.54) is 0 Å². The molecule has 0 bridgehead atoms. The third-order valence-electron chi connectivity index (χ3n) is 3.01. The normalized spacial score (nSPS) is 24.5. The molecule has 90 valence electrons. The topological polar surface area (TPSA) is 49.2 Å². The SMILES string of the molecule is Cc1ccc(C#N)c(N2CC(C)OCC2C)n1. The lowest BCUT2D eigenvalue weighted by molar-refractivity contribution is 0.0340. The maximum Gasteiger partial charge on any atom is 0.147 e. The summed E-state index contributed by atoms with van der Waals surface area (Å²) >= 11 is 0. The average molecular weight is 231 g/mol. The molecule has 0 saturated carbocycles. The number of nitrogens with zero attached hydrogens (tertiary/aromatic N) is 3. The Labute approximate surface area is 102 Å². The summed E-state index contributed by atoms with van der Waals surface area (Å²) in [6.07, 6.45) is 0.181. The molecule has 1 aliphatic heterocycles. The second-order valence-corrected chi connectivity index (χ2v) is 4.58. The molecule has 0 aromatic carbocycles. The van der Waals surface area contributed by atoms with Crippen LogP contribution < -0.4 is 4.90 Å². The van der Waals surface area contributed by atoms with Gasteiger partial charge in [0.1, 0.15) is 11.9 Å². The first-order valence-corrected chi connectivity index (χ1v) is 5.88. The van der Waals surface area contributed by atoms with Crippen LogP contribution in [0.3, 0.4) is 0 Å².